The first-order valence-corrected chi connectivity index (χ1v) is 11.8. The van der Waals surface area contributed by atoms with Gasteiger partial charge in [-0.1, -0.05) is 62.1 Å². The molecule has 1 N–H and O–H groups in total. The van der Waals surface area contributed by atoms with Crippen LogP contribution in [0.1, 0.15) is 72.9 Å². The molecule has 0 fully saturated rings. The van der Waals surface area contributed by atoms with Crippen LogP contribution in [0.2, 0.25) is 0 Å². The van der Waals surface area contributed by atoms with Gasteiger partial charge >= 0.3 is 7.82 Å². The van der Waals surface area contributed by atoms with E-state index in [1.54, 1.807) is 0 Å². The molecule has 0 aliphatic carbocycles. The molecule has 1 aliphatic rings. The van der Waals surface area contributed by atoms with Gasteiger partial charge in [-0.05, 0) is 61.8 Å². The molecule has 0 bridgehead atoms. The van der Waals surface area contributed by atoms with Crippen LogP contribution in [0.15, 0.2) is 24.3 Å². The number of rotatable bonds is 6. The highest BCUT2D eigenvalue weighted by atomic mass is 31.2. The lowest BCUT2D eigenvalue weighted by Crippen LogP contribution is -2.11. The molecule has 0 saturated heterocycles. The first-order valence-electron chi connectivity index (χ1n) is 10.3. The van der Waals surface area contributed by atoms with Crippen LogP contribution < -0.4 is 9.05 Å². The van der Waals surface area contributed by atoms with Gasteiger partial charge in [0.15, 0.2) is 0 Å². The van der Waals surface area contributed by atoms with Crippen molar-refractivity contribution in [1.29, 1.82) is 0 Å². The van der Waals surface area contributed by atoms with Gasteiger partial charge in [-0.2, -0.15) is 0 Å². The van der Waals surface area contributed by atoms with E-state index < -0.39 is 7.82 Å². The number of hydrogen-bond acceptors (Lipinski definition) is 3. The molecule has 0 radical (unpaired) electrons. The summed E-state index contributed by atoms with van der Waals surface area (Å²) in [5.74, 6) is 1.04. The molecule has 2 aromatic carbocycles. The smallest absolute Gasteiger partial charge is 0.395 e. The van der Waals surface area contributed by atoms with Crippen LogP contribution in [0.3, 0.4) is 0 Å². The Morgan fingerprint density at radius 3 is 1.68 bits per heavy atom. The maximum atomic E-state index is 12.9. The summed E-state index contributed by atoms with van der Waals surface area (Å²) in [4.78, 5) is 10.5. The highest BCUT2D eigenvalue weighted by Crippen LogP contribution is 2.51. The Balaban J connectivity index is 2.15. The van der Waals surface area contributed by atoms with Crippen molar-refractivity contribution in [3.05, 3.63) is 57.6 Å². The van der Waals surface area contributed by atoms with E-state index in [9.17, 15) is 9.46 Å². The van der Waals surface area contributed by atoms with Crippen molar-refractivity contribution in [2.24, 2.45) is 0 Å². The van der Waals surface area contributed by atoms with E-state index in [-0.39, 0.29) is 0 Å². The maximum Gasteiger partial charge on any atom is 0.584 e. The molecule has 1 heterocycles. The highest BCUT2D eigenvalue weighted by Gasteiger charge is 2.33. The predicted octanol–water partition coefficient (Wildman–Crippen LogP) is 6.45. The molecule has 28 heavy (non-hydrogen) atoms. The second-order valence-corrected chi connectivity index (χ2v) is 9.16. The average Bonchev–Trinajstić information content (AvgIpc) is 2.61. The molecule has 152 valence electrons. The quantitative estimate of drug-likeness (QED) is 0.564. The molecule has 0 saturated carbocycles. The molecule has 0 unspecified atom stereocenters. The van der Waals surface area contributed by atoms with Gasteiger partial charge in [-0.25, -0.2) is 4.57 Å². The molecule has 5 heteroatoms. The SMILES string of the molecule is CCCCc1cc(C)cc2c1OP(=O)(O)Oc1c(CCCC)cc(C)cc1C2. The van der Waals surface area contributed by atoms with Crippen molar-refractivity contribution >= 4 is 7.82 Å². The number of phosphoric acid groups is 1. The second kappa shape index (κ2) is 8.71. The van der Waals surface area contributed by atoms with Crippen molar-refractivity contribution in [2.75, 3.05) is 0 Å². The normalized spacial score (nSPS) is 14.9. The number of fused-ring (bicyclic) bond motifs is 2. The molecule has 0 spiro atoms. The Kier molecular flexibility index (Phi) is 6.52. The molecular formula is C23H31O4P. The first-order chi connectivity index (χ1) is 13.3. The van der Waals surface area contributed by atoms with Crippen molar-refractivity contribution in [2.45, 2.75) is 72.6 Å². The molecule has 2 aromatic rings. The van der Waals surface area contributed by atoms with Gasteiger partial charge in [0.2, 0.25) is 0 Å². The molecule has 1 aliphatic heterocycles. The summed E-state index contributed by atoms with van der Waals surface area (Å²) >= 11 is 0. The zero-order chi connectivity index (χ0) is 20.3. The molecule has 0 atom stereocenters. The van der Waals surface area contributed by atoms with Gasteiger partial charge in [0.05, 0.1) is 0 Å². The molecule has 0 aromatic heterocycles. The van der Waals surface area contributed by atoms with E-state index in [1.807, 2.05) is 0 Å². The summed E-state index contributed by atoms with van der Waals surface area (Å²) < 4.78 is 24.2. The van der Waals surface area contributed by atoms with E-state index in [1.165, 1.54) is 0 Å². The Bertz CT molecular complexity index is 834. The third kappa shape index (κ3) is 4.79. The van der Waals surface area contributed by atoms with Crippen LogP contribution in [0.25, 0.3) is 0 Å². The van der Waals surface area contributed by atoms with Gasteiger partial charge in [0.1, 0.15) is 11.5 Å². The third-order valence-corrected chi connectivity index (χ3v) is 5.99. The van der Waals surface area contributed by atoms with Crippen molar-refractivity contribution in [3.63, 3.8) is 0 Å². The van der Waals surface area contributed by atoms with Crippen LogP contribution in [0, 0.1) is 13.8 Å². The number of phosphoric ester groups is 1. The van der Waals surface area contributed by atoms with E-state index >= 15 is 0 Å². The van der Waals surface area contributed by atoms with Crippen molar-refractivity contribution in [3.8, 4) is 11.5 Å². The second-order valence-electron chi connectivity index (χ2n) is 7.86. The van der Waals surface area contributed by atoms with Crippen LogP contribution >= 0.6 is 7.82 Å². The van der Waals surface area contributed by atoms with Gasteiger partial charge in [0.25, 0.3) is 0 Å². The summed E-state index contributed by atoms with van der Waals surface area (Å²) in [7, 11) is -4.27. The minimum absolute atomic E-state index is 0.521. The average molecular weight is 402 g/mol. The minimum atomic E-state index is -4.27. The van der Waals surface area contributed by atoms with Crippen LogP contribution in [-0.4, -0.2) is 4.89 Å². The van der Waals surface area contributed by atoms with Gasteiger partial charge in [-0.15, -0.1) is 0 Å². The number of unbranched alkanes of at least 4 members (excludes halogenated alkanes) is 2. The zero-order valence-corrected chi connectivity index (χ0v) is 18.3. The zero-order valence-electron chi connectivity index (χ0n) is 17.4. The van der Waals surface area contributed by atoms with Gasteiger partial charge in [-0.3, -0.25) is 4.89 Å². The lowest BCUT2D eigenvalue weighted by molar-refractivity contribution is 0.284. The van der Waals surface area contributed by atoms with E-state index in [2.05, 4.69) is 52.0 Å². The number of aryl methyl sites for hydroxylation is 4. The summed E-state index contributed by atoms with van der Waals surface area (Å²) in [6, 6.07) is 8.24. The fourth-order valence-electron chi connectivity index (χ4n) is 3.91. The maximum absolute atomic E-state index is 12.9. The highest BCUT2D eigenvalue weighted by molar-refractivity contribution is 7.48. The Morgan fingerprint density at radius 1 is 0.857 bits per heavy atom. The Hall–Kier alpha value is -1.77. The van der Waals surface area contributed by atoms with E-state index in [4.69, 9.17) is 9.05 Å². The minimum Gasteiger partial charge on any atom is -0.395 e. The third-order valence-electron chi connectivity index (χ3n) is 5.17. The fourth-order valence-corrected chi connectivity index (χ4v) is 4.88. The van der Waals surface area contributed by atoms with Crippen LogP contribution in [-0.2, 0) is 23.8 Å². The van der Waals surface area contributed by atoms with E-state index in [0.29, 0.717) is 17.9 Å². The lowest BCUT2D eigenvalue weighted by atomic mass is 9.93. The first kappa shape index (κ1) is 21.0. The fraction of sp³-hybridized carbons (Fsp3) is 0.478. The topological polar surface area (TPSA) is 55.8 Å². The van der Waals surface area contributed by atoms with Crippen LogP contribution in [0.5, 0.6) is 11.5 Å². The van der Waals surface area contributed by atoms with Gasteiger partial charge in [0, 0.05) is 6.42 Å². The van der Waals surface area contributed by atoms with Crippen molar-refractivity contribution in [1.82, 2.24) is 0 Å². The lowest BCUT2D eigenvalue weighted by Gasteiger charge is -2.26. The molecular weight excluding hydrogens is 371 g/mol. The number of benzene rings is 2. The van der Waals surface area contributed by atoms with Gasteiger partial charge < -0.3 is 9.05 Å². The summed E-state index contributed by atoms with van der Waals surface area (Å²) in [5, 5.41) is 0. The summed E-state index contributed by atoms with van der Waals surface area (Å²) in [5.41, 5.74) is 6.16. The Morgan fingerprint density at radius 2 is 1.29 bits per heavy atom. The standard InChI is InChI=1S/C23H31O4P/c1-5-7-9-18-11-16(3)13-20-15-21-14-17(4)12-19(10-8-6-2)23(21)27-28(24,25)26-22(18)20/h11-14H,5-10,15H2,1-4H3,(H,24,25). The monoisotopic (exact) mass is 402 g/mol. The molecule has 0 amide bonds. The number of hydrogen-bond donors (Lipinski definition) is 1. The summed E-state index contributed by atoms with van der Waals surface area (Å²) in [6.45, 7) is 8.40. The van der Waals surface area contributed by atoms with Crippen molar-refractivity contribution < 1.29 is 18.5 Å². The van der Waals surface area contributed by atoms with E-state index in [0.717, 1.165) is 71.9 Å². The molecule has 3 rings (SSSR count). The summed E-state index contributed by atoms with van der Waals surface area (Å²) in [6.07, 6.45) is 6.40. The largest absolute Gasteiger partial charge is 0.584 e. The Labute approximate surface area is 168 Å². The molecule has 4 nitrogen and oxygen atoms in total. The predicted molar refractivity (Wildman–Crippen MR) is 113 cm³/mol. The van der Waals surface area contributed by atoms with Crippen LogP contribution in [0.4, 0.5) is 0 Å².